The molecule has 3 unspecified atom stereocenters. The molecule has 0 aromatic heterocycles. The van der Waals surface area contributed by atoms with Gasteiger partial charge in [0.1, 0.15) is 12.7 Å². The first-order valence-corrected chi connectivity index (χ1v) is 16.7. The van der Waals surface area contributed by atoms with Gasteiger partial charge in [-0.05, 0) is 38.5 Å². The van der Waals surface area contributed by atoms with E-state index in [0.717, 1.165) is 51.4 Å². The van der Waals surface area contributed by atoms with Gasteiger partial charge in [0.05, 0.1) is 13.2 Å². The summed E-state index contributed by atoms with van der Waals surface area (Å²) in [6, 6.07) is -1.54. The van der Waals surface area contributed by atoms with Gasteiger partial charge >= 0.3 is 19.8 Å². The van der Waals surface area contributed by atoms with Crippen LogP contribution in [0.3, 0.4) is 0 Å². The van der Waals surface area contributed by atoms with E-state index in [9.17, 15) is 34.1 Å². The molecule has 240 valence electrons. The number of phosphoric acid groups is 1. The zero-order valence-corrected chi connectivity index (χ0v) is 26.0. The smallest absolute Gasteiger partial charge is 0.472 e. The highest BCUT2D eigenvalue weighted by Crippen LogP contribution is 2.43. The Hall–Kier alpha value is -1.78. The normalized spacial score (nSPS) is 14.4. The second-order valence-corrected chi connectivity index (χ2v) is 11.7. The maximum atomic E-state index is 12.0. The second kappa shape index (κ2) is 25.9. The second-order valence-electron chi connectivity index (χ2n) is 10.3. The van der Waals surface area contributed by atoms with Crippen LogP contribution in [0.5, 0.6) is 0 Å². The molecule has 0 saturated carbocycles. The first-order valence-electron chi connectivity index (χ1n) is 15.2. The highest BCUT2D eigenvalue weighted by Gasteiger charge is 2.28. The molecule has 12 heteroatoms. The molecule has 0 aromatic rings. The molecular weight excluding hydrogens is 553 g/mol. The van der Waals surface area contributed by atoms with Crippen molar-refractivity contribution >= 4 is 25.7 Å². The lowest BCUT2D eigenvalue weighted by molar-refractivity contribution is -0.147. The first-order chi connectivity index (χ1) is 19.6. The largest absolute Gasteiger partial charge is 0.480 e. The number of esters is 1. The monoisotopic (exact) mass is 607 g/mol. The molecule has 0 heterocycles. The number of carboxylic acids is 1. The number of ether oxygens (including phenoxy) is 1. The predicted octanol–water partition coefficient (Wildman–Crippen LogP) is 5.82. The number of allylic oxidation sites excluding steroid dienone is 2. The zero-order chi connectivity index (χ0) is 30.8. The molecule has 0 aliphatic carbocycles. The molecule has 41 heavy (non-hydrogen) atoms. The molecule has 0 fully saturated rings. The van der Waals surface area contributed by atoms with Crippen molar-refractivity contribution in [3.63, 3.8) is 0 Å². The first kappa shape index (κ1) is 39.2. The molecule has 0 saturated heterocycles. The number of unbranched alkanes of at least 4 members (excludes halogenated alkanes) is 12. The van der Waals surface area contributed by atoms with Crippen LogP contribution in [0.1, 0.15) is 123 Å². The highest BCUT2D eigenvalue weighted by molar-refractivity contribution is 7.47. The van der Waals surface area contributed by atoms with Crippen LogP contribution in [0.25, 0.3) is 0 Å². The summed E-state index contributed by atoms with van der Waals surface area (Å²) in [7, 11) is -4.72. The minimum absolute atomic E-state index is 0.132. The zero-order valence-electron chi connectivity index (χ0n) is 25.1. The van der Waals surface area contributed by atoms with Crippen LogP contribution in [-0.2, 0) is 32.7 Å². The van der Waals surface area contributed by atoms with Crippen molar-refractivity contribution in [2.45, 2.75) is 135 Å². The van der Waals surface area contributed by atoms with Crippen LogP contribution in [0.2, 0.25) is 0 Å². The van der Waals surface area contributed by atoms with Gasteiger partial charge in [0.25, 0.3) is 0 Å². The standard InChI is InChI=1S/C29H54NO10P/c1-3-5-7-8-9-10-11-12-13-14-15-16-17-19-21-28(33)38-22-25(31)23-39-41(36,37)40-24-26(29(34)35)30-27(32)20-18-6-4-2/h11-12,25-26,31H,3-10,13-24H2,1-2H3,(H,30,32)(H,34,35)(H,36,37)/b12-11-. The van der Waals surface area contributed by atoms with E-state index >= 15 is 0 Å². The van der Waals surface area contributed by atoms with Crippen LogP contribution in [0, 0.1) is 0 Å². The minimum Gasteiger partial charge on any atom is -0.480 e. The van der Waals surface area contributed by atoms with Gasteiger partial charge in [0.15, 0.2) is 6.04 Å². The number of carboxylic acid groups (broad SMARTS) is 1. The summed E-state index contributed by atoms with van der Waals surface area (Å²) in [5.74, 6) is -2.42. The van der Waals surface area contributed by atoms with E-state index in [-0.39, 0.29) is 12.8 Å². The molecule has 0 radical (unpaired) electrons. The summed E-state index contributed by atoms with van der Waals surface area (Å²) in [6.07, 6.45) is 19.4. The summed E-state index contributed by atoms with van der Waals surface area (Å²) in [6.45, 7) is 2.29. The molecule has 0 aromatic carbocycles. The van der Waals surface area contributed by atoms with Crippen molar-refractivity contribution in [3.8, 4) is 0 Å². The number of hydrogen-bond acceptors (Lipinski definition) is 8. The van der Waals surface area contributed by atoms with Crippen LogP contribution in [0.15, 0.2) is 12.2 Å². The molecule has 3 atom stereocenters. The predicted molar refractivity (Wildman–Crippen MR) is 157 cm³/mol. The number of aliphatic carboxylic acids is 1. The highest BCUT2D eigenvalue weighted by atomic mass is 31.2. The number of phosphoric ester groups is 1. The van der Waals surface area contributed by atoms with Crippen molar-refractivity contribution in [3.05, 3.63) is 12.2 Å². The Labute approximate surface area is 246 Å². The number of aliphatic hydroxyl groups excluding tert-OH is 1. The van der Waals surface area contributed by atoms with Crippen molar-refractivity contribution < 1.29 is 47.8 Å². The Kier molecular flexibility index (Phi) is 24.8. The van der Waals surface area contributed by atoms with Crippen LogP contribution in [0.4, 0.5) is 0 Å². The number of rotatable bonds is 28. The lowest BCUT2D eigenvalue weighted by Crippen LogP contribution is -2.43. The number of nitrogens with one attached hydrogen (secondary N) is 1. The fourth-order valence-electron chi connectivity index (χ4n) is 3.84. The number of aliphatic hydroxyl groups is 1. The number of carbonyl (C=O) groups is 3. The Morgan fingerprint density at radius 2 is 1.27 bits per heavy atom. The molecule has 0 aliphatic rings. The fourth-order valence-corrected chi connectivity index (χ4v) is 4.61. The summed E-state index contributed by atoms with van der Waals surface area (Å²) < 4.78 is 26.3. The van der Waals surface area contributed by atoms with E-state index in [1.54, 1.807) is 0 Å². The third-order valence-corrected chi connectivity index (χ3v) is 7.26. The van der Waals surface area contributed by atoms with Crippen molar-refractivity contribution in [1.82, 2.24) is 5.32 Å². The van der Waals surface area contributed by atoms with Crippen LogP contribution in [-0.4, -0.2) is 64.9 Å². The van der Waals surface area contributed by atoms with E-state index < -0.39 is 57.6 Å². The summed E-state index contributed by atoms with van der Waals surface area (Å²) in [5, 5.41) is 21.3. The lowest BCUT2D eigenvalue weighted by Gasteiger charge is -2.18. The fraction of sp³-hybridized carbons (Fsp3) is 0.828. The summed E-state index contributed by atoms with van der Waals surface area (Å²) >= 11 is 0. The summed E-state index contributed by atoms with van der Waals surface area (Å²) in [4.78, 5) is 44.8. The molecule has 11 nitrogen and oxygen atoms in total. The number of hydrogen-bond donors (Lipinski definition) is 4. The minimum atomic E-state index is -4.72. The topological polar surface area (TPSA) is 169 Å². The Morgan fingerprint density at radius 3 is 1.88 bits per heavy atom. The van der Waals surface area contributed by atoms with Crippen molar-refractivity contribution in [2.75, 3.05) is 19.8 Å². The van der Waals surface area contributed by atoms with Crippen LogP contribution >= 0.6 is 7.82 Å². The van der Waals surface area contributed by atoms with Gasteiger partial charge in [-0.15, -0.1) is 0 Å². The Balaban J connectivity index is 3.93. The van der Waals surface area contributed by atoms with E-state index in [4.69, 9.17) is 4.74 Å². The molecule has 0 rings (SSSR count). The number of carbonyl (C=O) groups excluding carboxylic acids is 2. The average Bonchev–Trinajstić information content (AvgIpc) is 2.93. The van der Waals surface area contributed by atoms with Gasteiger partial charge in [-0.2, -0.15) is 0 Å². The molecule has 0 bridgehead atoms. The average molecular weight is 608 g/mol. The van der Waals surface area contributed by atoms with Crippen LogP contribution < -0.4 is 5.32 Å². The number of amides is 1. The third-order valence-electron chi connectivity index (χ3n) is 6.30. The lowest BCUT2D eigenvalue weighted by atomic mass is 10.1. The Morgan fingerprint density at radius 1 is 0.756 bits per heavy atom. The SMILES string of the molecule is CCCCCCC/C=C\CCCCCCCC(=O)OCC(O)COP(=O)(O)OCC(NC(=O)CCCCC)C(=O)O. The quantitative estimate of drug-likeness (QED) is 0.0368. The molecular formula is C29H54NO10P. The van der Waals surface area contributed by atoms with Gasteiger partial charge in [0, 0.05) is 12.8 Å². The molecule has 0 spiro atoms. The molecule has 0 aliphatic heterocycles. The summed E-state index contributed by atoms with van der Waals surface area (Å²) in [5.41, 5.74) is 0. The maximum absolute atomic E-state index is 12.0. The van der Waals surface area contributed by atoms with Gasteiger partial charge in [-0.25, -0.2) is 9.36 Å². The van der Waals surface area contributed by atoms with E-state index in [2.05, 4.69) is 33.4 Å². The van der Waals surface area contributed by atoms with Gasteiger partial charge in [-0.1, -0.05) is 83.8 Å². The van der Waals surface area contributed by atoms with Crippen molar-refractivity contribution in [2.24, 2.45) is 0 Å². The van der Waals surface area contributed by atoms with Gasteiger partial charge < -0.3 is 25.2 Å². The van der Waals surface area contributed by atoms with Gasteiger partial charge in [-0.3, -0.25) is 18.6 Å². The maximum Gasteiger partial charge on any atom is 0.472 e. The van der Waals surface area contributed by atoms with E-state index in [0.29, 0.717) is 12.8 Å². The van der Waals surface area contributed by atoms with Crippen molar-refractivity contribution in [1.29, 1.82) is 0 Å². The molecule has 1 amide bonds. The Bertz CT molecular complexity index is 777. The third kappa shape index (κ3) is 25.6. The van der Waals surface area contributed by atoms with E-state index in [1.165, 1.54) is 32.1 Å². The van der Waals surface area contributed by atoms with E-state index in [1.807, 2.05) is 6.92 Å². The molecule has 4 N–H and O–H groups in total. The van der Waals surface area contributed by atoms with Gasteiger partial charge in [0.2, 0.25) is 5.91 Å².